The molecule has 3 rings (SSSR count). The van der Waals surface area contributed by atoms with E-state index in [4.69, 9.17) is 14.2 Å². The van der Waals surface area contributed by atoms with E-state index in [2.05, 4.69) is 33.1 Å². The van der Waals surface area contributed by atoms with Gasteiger partial charge in [0.25, 0.3) is 5.91 Å². The number of halogens is 1. The van der Waals surface area contributed by atoms with Gasteiger partial charge in [-0.15, -0.1) is 0 Å². The standard InChI is InChI=1S/C16H13IN2O4/c17-12-2-4-13(5-3-12)21-9-16(20)19-18-8-11-1-6-14-15(7-11)23-10-22-14/h1-8H,9-10H2,(H,19,20)/b18-8+. The van der Waals surface area contributed by atoms with E-state index in [1.54, 1.807) is 12.1 Å². The topological polar surface area (TPSA) is 69.2 Å². The fourth-order valence-electron chi connectivity index (χ4n) is 1.88. The fourth-order valence-corrected chi connectivity index (χ4v) is 2.24. The van der Waals surface area contributed by atoms with Crippen LogP contribution in [0.4, 0.5) is 0 Å². The molecule has 1 heterocycles. The molecule has 0 bridgehead atoms. The van der Waals surface area contributed by atoms with Gasteiger partial charge in [0.1, 0.15) is 5.75 Å². The quantitative estimate of drug-likeness (QED) is 0.455. The zero-order valence-electron chi connectivity index (χ0n) is 12.0. The molecule has 118 valence electrons. The first-order chi connectivity index (χ1) is 11.2. The van der Waals surface area contributed by atoms with E-state index in [-0.39, 0.29) is 19.3 Å². The van der Waals surface area contributed by atoms with Crippen molar-refractivity contribution in [2.45, 2.75) is 0 Å². The second-order valence-corrected chi connectivity index (χ2v) is 5.89. The van der Waals surface area contributed by atoms with Crippen molar-refractivity contribution in [3.8, 4) is 17.2 Å². The summed E-state index contributed by atoms with van der Waals surface area (Å²) >= 11 is 2.20. The molecular formula is C16H13IN2O4. The molecule has 6 nitrogen and oxygen atoms in total. The highest BCUT2D eigenvalue weighted by Crippen LogP contribution is 2.31. The van der Waals surface area contributed by atoms with Crippen molar-refractivity contribution in [2.24, 2.45) is 5.10 Å². The van der Waals surface area contributed by atoms with Crippen LogP contribution in [0.5, 0.6) is 17.2 Å². The van der Waals surface area contributed by atoms with Crippen LogP contribution in [0.3, 0.4) is 0 Å². The highest BCUT2D eigenvalue weighted by molar-refractivity contribution is 14.1. The smallest absolute Gasteiger partial charge is 0.277 e. The van der Waals surface area contributed by atoms with Crippen LogP contribution in [0.1, 0.15) is 5.56 Å². The van der Waals surface area contributed by atoms with Gasteiger partial charge < -0.3 is 14.2 Å². The molecule has 0 saturated carbocycles. The molecule has 2 aromatic rings. The van der Waals surface area contributed by atoms with Gasteiger partial charge in [0.2, 0.25) is 6.79 Å². The van der Waals surface area contributed by atoms with E-state index in [9.17, 15) is 4.79 Å². The molecule has 0 saturated heterocycles. The molecule has 0 aliphatic carbocycles. The maximum Gasteiger partial charge on any atom is 0.277 e. The first-order valence-corrected chi connectivity index (χ1v) is 7.88. The largest absolute Gasteiger partial charge is 0.484 e. The maximum atomic E-state index is 11.7. The highest BCUT2D eigenvalue weighted by Gasteiger charge is 2.12. The lowest BCUT2D eigenvalue weighted by molar-refractivity contribution is -0.123. The second-order valence-electron chi connectivity index (χ2n) is 4.65. The third-order valence-corrected chi connectivity index (χ3v) is 3.70. The first kappa shape index (κ1) is 15.6. The summed E-state index contributed by atoms with van der Waals surface area (Å²) in [5.74, 6) is 1.68. The SMILES string of the molecule is O=C(COc1ccc(I)cc1)N/N=C/c1ccc2c(c1)OCO2. The molecule has 7 heteroatoms. The molecule has 2 aromatic carbocycles. The second kappa shape index (κ2) is 7.32. The van der Waals surface area contributed by atoms with E-state index < -0.39 is 0 Å². The van der Waals surface area contributed by atoms with Crippen LogP contribution in [0, 0.1) is 3.57 Å². The number of amides is 1. The van der Waals surface area contributed by atoms with E-state index in [1.165, 1.54) is 6.21 Å². The highest BCUT2D eigenvalue weighted by atomic mass is 127. The Bertz CT molecular complexity index is 731. The van der Waals surface area contributed by atoms with Crippen LogP contribution >= 0.6 is 22.6 Å². The monoisotopic (exact) mass is 424 g/mol. The number of carbonyl (C=O) groups excluding carboxylic acids is 1. The minimum atomic E-state index is -0.333. The van der Waals surface area contributed by atoms with Crippen molar-refractivity contribution in [3.63, 3.8) is 0 Å². The number of ether oxygens (including phenoxy) is 3. The minimum Gasteiger partial charge on any atom is -0.484 e. The van der Waals surface area contributed by atoms with E-state index >= 15 is 0 Å². The van der Waals surface area contributed by atoms with Crippen LogP contribution < -0.4 is 19.6 Å². The summed E-state index contributed by atoms with van der Waals surface area (Å²) in [4.78, 5) is 11.7. The summed E-state index contributed by atoms with van der Waals surface area (Å²) < 4.78 is 17.0. The molecule has 0 spiro atoms. The third kappa shape index (κ3) is 4.35. The first-order valence-electron chi connectivity index (χ1n) is 6.80. The Hall–Kier alpha value is -2.29. The van der Waals surface area contributed by atoms with Crippen LogP contribution in [0.25, 0.3) is 0 Å². The van der Waals surface area contributed by atoms with Gasteiger partial charge >= 0.3 is 0 Å². The lowest BCUT2D eigenvalue weighted by Gasteiger charge is -2.04. The number of benzene rings is 2. The predicted octanol–water partition coefficient (Wildman–Crippen LogP) is 2.55. The summed E-state index contributed by atoms with van der Waals surface area (Å²) in [7, 11) is 0. The van der Waals surface area contributed by atoms with Crippen molar-refractivity contribution in [2.75, 3.05) is 13.4 Å². The summed E-state index contributed by atoms with van der Waals surface area (Å²) in [5, 5.41) is 3.89. The molecular weight excluding hydrogens is 411 g/mol. The Balaban J connectivity index is 1.47. The van der Waals surface area contributed by atoms with Gasteiger partial charge in [-0.2, -0.15) is 5.10 Å². The Morgan fingerprint density at radius 1 is 1.22 bits per heavy atom. The lowest BCUT2D eigenvalue weighted by atomic mass is 10.2. The number of fused-ring (bicyclic) bond motifs is 1. The average molecular weight is 424 g/mol. The van der Waals surface area contributed by atoms with Gasteiger partial charge in [0.05, 0.1) is 6.21 Å². The number of rotatable bonds is 5. The van der Waals surface area contributed by atoms with Crippen molar-refractivity contribution < 1.29 is 19.0 Å². The van der Waals surface area contributed by atoms with Gasteiger partial charge in [0.15, 0.2) is 18.1 Å². The molecule has 1 N–H and O–H groups in total. The number of hydrazone groups is 1. The zero-order valence-corrected chi connectivity index (χ0v) is 14.1. The molecule has 1 aliphatic heterocycles. The Morgan fingerprint density at radius 2 is 2.00 bits per heavy atom. The van der Waals surface area contributed by atoms with Gasteiger partial charge in [-0.05, 0) is 70.6 Å². The third-order valence-electron chi connectivity index (χ3n) is 2.98. The number of hydrogen-bond acceptors (Lipinski definition) is 5. The average Bonchev–Trinajstić information content (AvgIpc) is 3.02. The normalized spacial score (nSPS) is 12.4. The van der Waals surface area contributed by atoms with Crippen molar-refractivity contribution in [1.82, 2.24) is 5.43 Å². The predicted molar refractivity (Wildman–Crippen MR) is 93.0 cm³/mol. The summed E-state index contributed by atoms with van der Waals surface area (Å²) in [5.41, 5.74) is 3.21. The van der Waals surface area contributed by atoms with Crippen molar-refractivity contribution in [1.29, 1.82) is 0 Å². The molecule has 0 fully saturated rings. The minimum absolute atomic E-state index is 0.0981. The van der Waals surface area contributed by atoms with Crippen LogP contribution in [-0.2, 0) is 4.79 Å². The molecule has 23 heavy (non-hydrogen) atoms. The number of nitrogens with one attached hydrogen (secondary N) is 1. The van der Waals surface area contributed by atoms with E-state index in [1.807, 2.05) is 30.3 Å². The van der Waals surface area contributed by atoms with Crippen molar-refractivity contribution >= 4 is 34.7 Å². The van der Waals surface area contributed by atoms with Gasteiger partial charge in [-0.3, -0.25) is 4.79 Å². The summed E-state index contributed by atoms with van der Waals surface area (Å²) in [6.07, 6.45) is 1.53. The number of hydrogen-bond donors (Lipinski definition) is 1. The Labute approximate surface area is 146 Å². The van der Waals surface area contributed by atoms with Gasteiger partial charge in [-0.1, -0.05) is 0 Å². The molecule has 0 unspecified atom stereocenters. The molecule has 0 aromatic heterocycles. The summed E-state index contributed by atoms with van der Waals surface area (Å²) in [6.45, 7) is 0.127. The molecule has 0 radical (unpaired) electrons. The van der Waals surface area contributed by atoms with Gasteiger partial charge in [0, 0.05) is 3.57 Å². The Kier molecular flexibility index (Phi) is 4.96. The zero-order chi connectivity index (χ0) is 16.1. The fraction of sp³-hybridized carbons (Fsp3) is 0.125. The molecule has 1 amide bonds. The summed E-state index contributed by atoms with van der Waals surface area (Å²) in [6, 6.07) is 12.9. The van der Waals surface area contributed by atoms with E-state index in [0.717, 1.165) is 9.13 Å². The van der Waals surface area contributed by atoms with Gasteiger partial charge in [-0.25, -0.2) is 5.43 Å². The van der Waals surface area contributed by atoms with Crippen molar-refractivity contribution in [3.05, 3.63) is 51.6 Å². The van der Waals surface area contributed by atoms with Crippen LogP contribution in [-0.4, -0.2) is 25.5 Å². The number of nitrogens with zero attached hydrogens (tertiary/aromatic N) is 1. The van der Waals surface area contributed by atoms with E-state index in [0.29, 0.717) is 17.2 Å². The van der Waals surface area contributed by atoms with Crippen LogP contribution in [0.15, 0.2) is 47.6 Å². The molecule has 0 atom stereocenters. The molecule has 1 aliphatic rings. The van der Waals surface area contributed by atoms with Crippen LogP contribution in [0.2, 0.25) is 0 Å². The number of carbonyl (C=O) groups is 1. The Morgan fingerprint density at radius 3 is 2.83 bits per heavy atom. The maximum absolute atomic E-state index is 11.7. The lowest BCUT2D eigenvalue weighted by Crippen LogP contribution is -2.24.